The van der Waals surface area contributed by atoms with Crippen molar-refractivity contribution in [2.75, 3.05) is 13.2 Å². The van der Waals surface area contributed by atoms with E-state index in [1.54, 1.807) is 0 Å². The molecule has 0 aromatic carbocycles. The molecule has 0 heterocycles. The Morgan fingerprint density at radius 3 is 1.42 bits per heavy atom. The van der Waals surface area contributed by atoms with Crippen molar-refractivity contribution in [3.05, 3.63) is 0 Å². The van der Waals surface area contributed by atoms with Crippen molar-refractivity contribution in [2.24, 2.45) is 0 Å². The molecule has 19 heavy (non-hydrogen) atoms. The number of aliphatic carboxylic acids is 2. The van der Waals surface area contributed by atoms with Crippen LogP contribution in [0, 0.1) is 0 Å². The van der Waals surface area contributed by atoms with Crippen LogP contribution in [0.2, 0.25) is 0 Å². The molecule has 0 aliphatic rings. The predicted molar refractivity (Wildman–Crippen MR) is 70.3 cm³/mol. The molecule has 0 rings (SSSR count). The monoisotopic (exact) mass is 382 g/mol. The number of rotatable bonds is 11. The molecule has 2 atom stereocenters. The van der Waals surface area contributed by atoms with Crippen LogP contribution in [0.1, 0.15) is 39.5 Å². The molecule has 110 valence electrons. The molecule has 2 unspecified atom stereocenters. The van der Waals surface area contributed by atoms with Gasteiger partial charge in [-0.25, -0.2) is 9.59 Å². The van der Waals surface area contributed by atoms with Crippen LogP contribution in [0.25, 0.3) is 0 Å². The van der Waals surface area contributed by atoms with Gasteiger partial charge in [0, 0.05) is 37.1 Å². The van der Waals surface area contributed by atoms with E-state index in [0.717, 1.165) is 12.8 Å². The predicted octanol–water partition coefficient (Wildman–Crippen LogP) is 1.15. The summed E-state index contributed by atoms with van der Waals surface area (Å²) in [5.41, 5.74) is 0. The van der Waals surface area contributed by atoms with E-state index in [4.69, 9.17) is 19.7 Å². The first-order chi connectivity index (χ1) is 8.54. The molecular weight excluding hydrogens is 359 g/mol. The van der Waals surface area contributed by atoms with E-state index in [1.807, 2.05) is 13.8 Å². The SMILES string of the molecule is CCCCOC(C(=O)O)C(OCCCC)C(=O)O.[Sn]. The molecule has 2 N–H and O–H groups in total. The summed E-state index contributed by atoms with van der Waals surface area (Å²) >= 11 is 0. The molecule has 4 radical (unpaired) electrons. The Kier molecular flexibility index (Phi) is 14.0. The van der Waals surface area contributed by atoms with Crippen LogP contribution in [-0.4, -0.2) is 71.5 Å². The topological polar surface area (TPSA) is 93.1 Å². The minimum Gasteiger partial charge on any atom is -0.479 e. The van der Waals surface area contributed by atoms with E-state index < -0.39 is 24.1 Å². The molecule has 0 amide bonds. The van der Waals surface area contributed by atoms with Gasteiger partial charge in [0.1, 0.15) is 0 Å². The maximum Gasteiger partial charge on any atom is 0.336 e. The second kappa shape index (κ2) is 12.7. The van der Waals surface area contributed by atoms with Crippen molar-refractivity contribution in [1.29, 1.82) is 0 Å². The van der Waals surface area contributed by atoms with Gasteiger partial charge in [0.25, 0.3) is 0 Å². The molecule has 0 spiro atoms. The minimum absolute atomic E-state index is 0. The Bertz CT molecular complexity index is 233. The molecule has 0 aromatic rings. The fourth-order valence-corrected chi connectivity index (χ4v) is 1.29. The number of hydrogen-bond donors (Lipinski definition) is 2. The average Bonchev–Trinajstić information content (AvgIpc) is 2.31. The van der Waals surface area contributed by atoms with Crippen molar-refractivity contribution < 1.29 is 29.3 Å². The molecule has 0 bridgehead atoms. The van der Waals surface area contributed by atoms with Gasteiger partial charge in [-0.1, -0.05) is 26.7 Å². The Morgan fingerprint density at radius 2 is 1.21 bits per heavy atom. The van der Waals surface area contributed by atoms with E-state index >= 15 is 0 Å². The van der Waals surface area contributed by atoms with Gasteiger partial charge in [0.15, 0.2) is 12.2 Å². The van der Waals surface area contributed by atoms with Gasteiger partial charge < -0.3 is 19.7 Å². The maximum absolute atomic E-state index is 11.0. The van der Waals surface area contributed by atoms with E-state index in [-0.39, 0.29) is 37.1 Å². The summed E-state index contributed by atoms with van der Waals surface area (Å²) in [4.78, 5) is 22.0. The first-order valence-electron chi connectivity index (χ1n) is 6.23. The molecule has 0 aliphatic carbocycles. The van der Waals surface area contributed by atoms with E-state index in [0.29, 0.717) is 12.8 Å². The summed E-state index contributed by atoms with van der Waals surface area (Å²) in [6, 6.07) is 0. The zero-order valence-corrected chi connectivity index (χ0v) is 14.3. The molecule has 0 saturated carbocycles. The van der Waals surface area contributed by atoms with Crippen LogP contribution in [0.15, 0.2) is 0 Å². The Hall–Kier alpha value is -0.341. The second-order valence-electron chi connectivity index (χ2n) is 3.97. The molecule has 0 aliphatic heterocycles. The second-order valence-corrected chi connectivity index (χ2v) is 3.97. The summed E-state index contributed by atoms with van der Waals surface area (Å²) in [5.74, 6) is -2.62. The Balaban J connectivity index is 0. The zero-order valence-electron chi connectivity index (χ0n) is 11.4. The van der Waals surface area contributed by atoms with Gasteiger partial charge in [-0.2, -0.15) is 0 Å². The first kappa shape index (κ1) is 21.0. The van der Waals surface area contributed by atoms with Crippen LogP contribution in [0.4, 0.5) is 0 Å². The van der Waals surface area contributed by atoms with Gasteiger partial charge in [0.2, 0.25) is 0 Å². The first-order valence-corrected chi connectivity index (χ1v) is 6.23. The Labute approximate surface area is 130 Å². The molecule has 6 nitrogen and oxygen atoms in total. The molecule has 7 heteroatoms. The van der Waals surface area contributed by atoms with Crippen molar-refractivity contribution in [3.8, 4) is 0 Å². The van der Waals surface area contributed by atoms with E-state index in [1.165, 1.54) is 0 Å². The van der Waals surface area contributed by atoms with Crippen LogP contribution in [0.5, 0.6) is 0 Å². The molecule has 0 fully saturated rings. The van der Waals surface area contributed by atoms with Gasteiger partial charge in [0.05, 0.1) is 0 Å². The third-order valence-electron chi connectivity index (χ3n) is 2.35. The number of ether oxygens (including phenoxy) is 2. The number of hydrogen-bond acceptors (Lipinski definition) is 4. The molecule has 0 saturated heterocycles. The van der Waals surface area contributed by atoms with Crippen LogP contribution in [-0.2, 0) is 19.1 Å². The van der Waals surface area contributed by atoms with E-state index in [2.05, 4.69) is 0 Å². The Morgan fingerprint density at radius 1 is 0.895 bits per heavy atom. The standard InChI is InChI=1S/C12H22O6.Sn/c1-3-5-7-17-9(11(13)14)10(12(15)16)18-8-6-4-2;/h9-10H,3-8H2,1-2H3,(H,13,14)(H,15,16);. The van der Waals surface area contributed by atoms with Gasteiger partial charge in [-0.05, 0) is 12.8 Å². The summed E-state index contributed by atoms with van der Waals surface area (Å²) in [7, 11) is 0. The summed E-state index contributed by atoms with van der Waals surface area (Å²) < 4.78 is 10.2. The zero-order chi connectivity index (χ0) is 14.0. The van der Waals surface area contributed by atoms with E-state index in [9.17, 15) is 9.59 Å². The minimum atomic E-state index is -1.45. The van der Waals surface area contributed by atoms with Crippen LogP contribution in [0.3, 0.4) is 0 Å². The molecule has 0 aromatic heterocycles. The average molecular weight is 381 g/mol. The number of carboxylic acids is 2. The summed E-state index contributed by atoms with van der Waals surface area (Å²) in [6.45, 7) is 4.31. The van der Waals surface area contributed by atoms with Gasteiger partial charge in [-0.15, -0.1) is 0 Å². The molecular formula is C12H22O6Sn. The quantitative estimate of drug-likeness (QED) is 0.412. The number of carbonyl (C=O) groups is 2. The van der Waals surface area contributed by atoms with Crippen molar-refractivity contribution in [2.45, 2.75) is 51.7 Å². The fourth-order valence-electron chi connectivity index (χ4n) is 1.29. The van der Waals surface area contributed by atoms with Crippen molar-refractivity contribution in [1.82, 2.24) is 0 Å². The van der Waals surface area contributed by atoms with Gasteiger partial charge in [-0.3, -0.25) is 0 Å². The summed E-state index contributed by atoms with van der Waals surface area (Å²) in [6.07, 6.45) is 0.161. The third-order valence-corrected chi connectivity index (χ3v) is 2.35. The van der Waals surface area contributed by atoms with Crippen LogP contribution >= 0.6 is 0 Å². The number of unbranched alkanes of at least 4 members (excludes halogenated alkanes) is 2. The normalized spacial score (nSPS) is 13.4. The van der Waals surface area contributed by atoms with Gasteiger partial charge >= 0.3 is 11.9 Å². The number of carboxylic acid groups (broad SMARTS) is 2. The van der Waals surface area contributed by atoms with Crippen molar-refractivity contribution >= 4 is 35.8 Å². The van der Waals surface area contributed by atoms with Crippen LogP contribution < -0.4 is 0 Å². The smallest absolute Gasteiger partial charge is 0.336 e. The maximum atomic E-state index is 11.0. The summed E-state index contributed by atoms with van der Waals surface area (Å²) in [5, 5.41) is 18.0. The largest absolute Gasteiger partial charge is 0.479 e. The van der Waals surface area contributed by atoms with Crippen molar-refractivity contribution in [3.63, 3.8) is 0 Å². The third kappa shape index (κ3) is 9.23. The fraction of sp³-hybridized carbons (Fsp3) is 0.833.